The second-order valence-corrected chi connectivity index (χ2v) is 5.83. The summed E-state index contributed by atoms with van der Waals surface area (Å²) in [6, 6.07) is 1.41. The Morgan fingerprint density at radius 3 is 3.06 bits per heavy atom. The van der Waals surface area contributed by atoms with E-state index in [0.29, 0.717) is 6.04 Å². The molecular weight excluding hydrogens is 222 g/mol. The van der Waals surface area contributed by atoms with Crippen LogP contribution in [0.25, 0.3) is 0 Å². The normalized spacial score (nSPS) is 28.1. The van der Waals surface area contributed by atoms with Gasteiger partial charge in [-0.2, -0.15) is 0 Å². The number of fused-ring (bicyclic) bond motifs is 1. The molecule has 0 amide bonds. The van der Waals surface area contributed by atoms with E-state index < -0.39 is 0 Å². The average molecular weight is 247 g/mol. The number of nitrogens with zero attached hydrogens (tertiary/aromatic N) is 2. The Balaban J connectivity index is 1.75. The topological polar surface area (TPSA) is 29.9 Å². The molecule has 1 aromatic heterocycles. The van der Waals surface area contributed by atoms with Gasteiger partial charge in [-0.3, -0.25) is 0 Å². The molecule has 0 saturated heterocycles. The lowest BCUT2D eigenvalue weighted by Gasteiger charge is -2.32. The fourth-order valence-corrected chi connectivity index (χ4v) is 3.70. The predicted molar refractivity (Wildman–Crippen MR) is 73.8 cm³/mol. The van der Waals surface area contributed by atoms with Crippen molar-refractivity contribution in [1.29, 1.82) is 0 Å². The average Bonchev–Trinajstić information content (AvgIpc) is 2.83. The number of hydrogen-bond acceptors (Lipinski definition) is 2. The van der Waals surface area contributed by atoms with Gasteiger partial charge in [0.05, 0.1) is 12.0 Å². The van der Waals surface area contributed by atoms with Gasteiger partial charge in [0.15, 0.2) is 0 Å². The molecule has 2 aliphatic rings. The van der Waals surface area contributed by atoms with Crippen molar-refractivity contribution in [2.75, 3.05) is 6.54 Å². The van der Waals surface area contributed by atoms with Crippen molar-refractivity contribution < 1.29 is 0 Å². The second kappa shape index (κ2) is 5.43. The van der Waals surface area contributed by atoms with E-state index in [-0.39, 0.29) is 0 Å². The lowest BCUT2D eigenvalue weighted by atomic mass is 9.90. The summed E-state index contributed by atoms with van der Waals surface area (Å²) in [5, 5.41) is 3.62. The molecule has 1 N–H and O–H groups in total. The van der Waals surface area contributed by atoms with Crippen molar-refractivity contribution in [1.82, 2.24) is 14.9 Å². The molecule has 3 heteroatoms. The minimum absolute atomic E-state index is 0.692. The smallest absolute Gasteiger partial charge is 0.0954 e. The van der Waals surface area contributed by atoms with Gasteiger partial charge in [-0.1, -0.05) is 6.92 Å². The number of hydrogen-bond donors (Lipinski definition) is 1. The zero-order chi connectivity index (χ0) is 12.4. The molecular formula is C15H25N3. The van der Waals surface area contributed by atoms with Gasteiger partial charge in [-0.05, 0) is 57.9 Å². The molecule has 18 heavy (non-hydrogen) atoms. The summed E-state index contributed by atoms with van der Waals surface area (Å²) < 4.78 is 2.51. The van der Waals surface area contributed by atoms with E-state index in [1.807, 2.05) is 0 Å². The van der Waals surface area contributed by atoms with Crippen LogP contribution in [0.3, 0.4) is 0 Å². The van der Waals surface area contributed by atoms with Crippen LogP contribution in [0.1, 0.15) is 62.9 Å². The first kappa shape index (κ1) is 12.2. The summed E-state index contributed by atoms with van der Waals surface area (Å²) in [5.74, 6) is 0. The van der Waals surface area contributed by atoms with Gasteiger partial charge in [0.25, 0.3) is 0 Å². The zero-order valence-corrected chi connectivity index (χ0v) is 11.5. The van der Waals surface area contributed by atoms with Gasteiger partial charge in [0, 0.05) is 17.8 Å². The first-order chi connectivity index (χ1) is 8.88. The van der Waals surface area contributed by atoms with Crippen LogP contribution in [0.15, 0.2) is 6.33 Å². The molecule has 2 unspecified atom stereocenters. The van der Waals surface area contributed by atoms with Crippen molar-refractivity contribution in [3.63, 3.8) is 0 Å². The highest BCUT2D eigenvalue weighted by atomic mass is 15.1. The molecule has 2 aliphatic carbocycles. The Hall–Kier alpha value is -0.830. The van der Waals surface area contributed by atoms with E-state index >= 15 is 0 Å². The van der Waals surface area contributed by atoms with Crippen LogP contribution in [0.4, 0.5) is 0 Å². The number of aryl methyl sites for hydroxylation is 1. The summed E-state index contributed by atoms with van der Waals surface area (Å²) in [4.78, 5) is 4.65. The highest BCUT2D eigenvalue weighted by Gasteiger charge is 2.25. The second-order valence-electron chi connectivity index (χ2n) is 5.83. The molecule has 0 aromatic carbocycles. The molecule has 3 rings (SSSR count). The molecule has 100 valence electrons. The van der Waals surface area contributed by atoms with Crippen LogP contribution in [0.5, 0.6) is 0 Å². The third-order valence-electron chi connectivity index (χ3n) is 4.59. The van der Waals surface area contributed by atoms with Gasteiger partial charge in [-0.15, -0.1) is 0 Å². The first-order valence-electron chi connectivity index (χ1n) is 7.66. The molecule has 1 aromatic rings. The summed E-state index contributed by atoms with van der Waals surface area (Å²) in [6.45, 7) is 3.31. The van der Waals surface area contributed by atoms with Gasteiger partial charge >= 0.3 is 0 Å². The maximum absolute atomic E-state index is 4.65. The maximum Gasteiger partial charge on any atom is 0.0954 e. The van der Waals surface area contributed by atoms with Crippen LogP contribution in [-0.2, 0) is 12.8 Å². The molecule has 1 fully saturated rings. The minimum atomic E-state index is 0.692. The van der Waals surface area contributed by atoms with E-state index in [9.17, 15) is 0 Å². The quantitative estimate of drug-likeness (QED) is 0.890. The molecule has 3 nitrogen and oxygen atoms in total. The van der Waals surface area contributed by atoms with Crippen molar-refractivity contribution in [3.05, 3.63) is 17.7 Å². The van der Waals surface area contributed by atoms with E-state index in [4.69, 9.17) is 0 Å². The Kier molecular flexibility index (Phi) is 3.69. The first-order valence-corrected chi connectivity index (χ1v) is 7.66. The number of imidazole rings is 1. The largest absolute Gasteiger partial charge is 0.331 e. The van der Waals surface area contributed by atoms with Crippen molar-refractivity contribution >= 4 is 0 Å². The van der Waals surface area contributed by atoms with Crippen LogP contribution in [0, 0.1) is 0 Å². The SMILES string of the molecule is CCNC1CCCC(n2cnc3c2CCCC3)C1. The summed E-state index contributed by atoms with van der Waals surface area (Å²) in [6.07, 6.45) is 12.6. The summed E-state index contributed by atoms with van der Waals surface area (Å²) in [5.41, 5.74) is 2.93. The molecule has 0 radical (unpaired) electrons. The van der Waals surface area contributed by atoms with Crippen molar-refractivity contribution in [2.24, 2.45) is 0 Å². The summed E-state index contributed by atoms with van der Waals surface area (Å²) >= 11 is 0. The molecule has 0 aliphatic heterocycles. The molecule has 1 heterocycles. The molecule has 2 atom stereocenters. The Morgan fingerprint density at radius 2 is 2.17 bits per heavy atom. The molecule has 0 bridgehead atoms. The summed E-state index contributed by atoms with van der Waals surface area (Å²) in [7, 11) is 0. The van der Waals surface area contributed by atoms with Crippen molar-refractivity contribution in [3.8, 4) is 0 Å². The maximum atomic E-state index is 4.65. The lowest BCUT2D eigenvalue weighted by Crippen LogP contribution is -2.35. The number of nitrogens with one attached hydrogen (secondary N) is 1. The van der Waals surface area contributed by atoms with Crippen molar-refractivity contribution in [2.45, 2.75) is 70.4 Å². The van der Waals surface area contributed by atoms with Gasteiger partial charge in [0.1, 0.15) is 0 Å². The predicted octanol–water partition coefficient (Wildman–Crippen LogP) is 2.86. The fraction of sp³-hybridized carbons (Fsp3) is 0.800. The monoisotopic (exact) mass is 247 g/mol. The Bertz CT molecular complexity index is 394. The highest BCUT2D eigenvalue weighted by Crippen LogP contribution is 2.32. The van der Waals surface area contributed by atoms with Gasteiger partial charge < -0.3 is 9.88 Å². The van der Waals surface area contributed by atoms with Crippen LogP contribution < -0.4 is 5.32 Å². The van der Waals surface area contributed by atoms with Gasteiger partial charge in [-0.25, -0.2) is 4.98 Å². The molecule has 0 spiro atoms. The van der Waals surface area contributed by atoms with Gasteiger partial charge in [0.2, 0.25) is 0 Å². The third-order valence-corrected chi connectivity index (χ3v) is 4.59. The fourth-order valence-electron chi connectivity index (χ4n) is 3.70. The third kappa shape index (κ3) is 2.33. The highest BCUT2D eigenvalue weighted by molar-refractivity contribution is 5.17. The van der Waals surface area contributed by atoms with Crippen LogP contribution in [0.2, 0.25) is 0 Å². The van der Waals surface area contributed by atoms with E-state index in [2.05, 4.69) is 28.1 Å². The standard InChI is InChI=1S/C15H25N3/c1-2-16-12-6-5-7-13(10-12)18-11-17-14-8-3-4-9-15(14)18/h11-13,16H,2-10H2,1H3. The van der Waals surface area contributed by atoms with E-state index in [1.165, 1.54) is 57.1 Å². The Labute approximate surface area is 110 Å². The van der Waals surface area contributed by atoms with E-state index in [1.54, 1.807) is 5.69 Å². The molecule has 1 saturated carbocycles. The lowest BCUT2D eigenvalue weighted by molar-refractivity contribution is 0.282. The van der Waals surface area contributed by atoms with E-state index in [0.717, 1.165) is 12.6 Å². The van der Waals surface area contributed by atoms with Crippen LogP contribution in [-0.4, -0.2) is 22.1 Å². The minimum Gasteiger partial charge on any atom is -0.331 e. The Morgan fingerprint density at radius 1 is 1.28 bits per heavy atom. The number of rotatable bonds is 3. The number of aromatic nitrogens is 2. The zero-order valence-electron chi connectivity index (χ0n) is 11.5. The van der Waals surface area contributed by atoms with Crippen LogP contribution >= 0.6 is 0 Å².